The van der Waals surface area contributed by atoms with Gasteiger partial charge in [-0.2, -0.15) is 0 Å². The van der Waals surface area contributed by atoms with Gasteiger partial charge < -0.3 is 9.73 Å². The Kier molecular flexibility index (Phi) is 5.50. The number of hydrogen-bond acceptors (Lipinski definition) is 7. The number of carbonyl (C=O) groups is 2. The molecule has 2 N–H and O–H groups in total. The number of amides is 2. The quantitative estimate of drug-likeness (QED) is 0.481. The molecule has 0 saturated carbocycles. The van der Waals surface area contributed by atoms with Gasteiger partial charge in [-0.25, -0.2) is 4.98 Å². The highest BCUT2D eigenvalue weighted by molar-refractivity contribution is 7.14. The molecule has 144 valence electrons. The number of benzene rings is 1. The van der Waals surface area contributed by atoms with E-state index in [4.69, 9.17) is 4.42 Å². The summed E-state index contributed by atoms with van der Waals surface area (Å²) in [6, 6.07) is 7.79. The van der Waals surface area contributed by atoms with Gasteiger partial charge in [0, 0.05) is 29.5 Å². The van der Waals surface area contributed by atoms with Gasteiger partial charge in [-0.15, -0.1) is 11.3 Å². The molecule has 0 aliphatic rings. The van der Waals surface area contributed by atoms with Crippen LogP contribution in [-0.2, 0) is 11.3 Å². The summed E-state index contributed by atoms with van der Waals surface area (Å²) in [5.74, 6) is 0.445. The second-order valence-electron chi connectivity index (χ2n) is 5.87. The largest absolute Gasteiger partial charge is 0.458 e. The van der Waals surface area contributed by atoms with Gasteiger partial charge in [0.1, 0.15) is 11.5 Å². The summed E-state index contributed by atoms with van der Waals surface area (Å²) in [6.07, 6.45) is 0. The molecule has 28 heavy (non-hydrogen) atoms. The Morgan fingerprint density at radius 2 is 2.07 bits per heavy atom. The normalized spacial score (nSPS) is 10.5. The number of thiazole rings is 1. The van der Waals surface area contributed by atoms with Crippen LogP contribution < -0.4 is 10.6 Å². The van der Waals surface area contributed by atoms with E-state index in [9.17, 15) is 19.7 Å². The van der Waals surface area contributed by atoms with Crippen LogP contribution in [0.15, 0.2) is 40.1 Å². The number of nitro groups is 1. The van der Waals surface area contributed by atoms with Gasteiger partial charge in [0.2, 0.25) is 5.91 Å². The van der Waals surface area contributed by atoms with Crippen molar-refractivity contribution >= 4 is 34.0 Å². The molecule has 0 radical (unpaired) electrons. The summed E-state index contributed by atoms with van der Waals surface area (Å²) in [4.78, 5) is 38.3. The Bertz CT molecular complexity index is 1060. The molecule has 2 heterocycles. The zero-order chi connectivity index (χ0) is 20.3. The lowest BCUT2D eigenvalue weighted by Crippen LogP contribution is -2.18. The predicted octanol–water partition coefficient (Wildman–Crippen LogP) is 3.51. The molecule has 0 aliphatic carbocycles. The molecule has 0 bridgehead atoms. The first kappa shape index (κ1) is 19.2. The molecule has 3 rings (SSSR count). The van der Waals surface area contributed by atoms with E-state index in [1.165, 1.54) is 43.4 Å². The van der Waals surface area contributed by atoms with Crippen molar-refractivity contribution in [1.29, 1.82) is 0 Å². The standard InChI is InChI=1S/C18H16N4O5S/c1-10-13(4-3-5-15(10)22(25)26)17(24)21-18-20-14(9-28-18)16-7-6-12(27-16)8-19-11(2)23/h3-7,9H,8H2,1-2H3,(H,19,23)(H,20,21,24). The van der Waals surface area contributed by atoms with Crippen LogP contribution in [0.1, 0.15) is 28.6 Å². The zero-order valence-electron chi connectivity index (χ0n) is 15.0. The third-order valence-electron chi connectivity index (χ3n) is 3.90. The maximum Gasteiger partial charge on any atom is 0.273 e. The lowest BCUT2D eigenvalue weighted by molar-refractivity contribution is -0.385. The molecule has 10 heteroatoms. The number of anilines is 1. The van der Waals surface area contributed by atoms with Crippen molar-refractivity contribution in [2.24, 2.45) is 0 Å². The molecule has 0 fully saturated rings. The number of nitrogens with zero attached hydrogens (tertiary/aromatic N) is 2. The minimum absolute atomic E-state index is 0.116. The smallest absolute Gasteiger partial charge is 0.273 e. The SMILES string of the molecule is CC(=O)NCc1ccc(-c2csc(NC(=O)c3cccc([N+](=O)[O-])c3C)n2)o1. The van der Waals surface area contributed by atoms with E-state index >= 15 is 0 Å². The van der Waals surface area contributed by atoms with Crippen LogP contribution in [0, 0.1) is 17.0 Å². The molecule has 0 aliphatic heterocycles. The number of rotatable bonds is 6. The Hall–Kier alpha value is -3.53. The van der Waals surface area contributed by atoms with E-state index in [0.29, 0.717) is 22.3 Å². The number of furan rings is 1. The molecule has 2 aromatic heterocycles. The van der Waals surface area contributed by atoms with E-state index in [-0.39, 0.29) is 29.3 Å². The van der Waals surface area contributed by atoms with Crippen molar-refractivity contribution in [3.05, 3.63) is 62.7 Å². The fourth-order valence-corrected chi connectivity index (χ4v) is 3.19. The average Bonchev–Trinajstić information content (AvgIpc) is 3.29. The number of aromatic nitrogens is 1. The Balaban J connectivity index is 1.73. The van der Waals surface area contributed by atoms with Crippen molar-refractivity contribution < 1.29 is 18.9 Å². The lowest BCUT2D eigenvalue weighted by Gasteiger charge is -2.05. The summed E-state index contributed by atoms with van der Waals surface area (Å²) < 4.78 is 5.63. The van der Waals surface area contributed by atoms with Gasteiger partial charge >= 0.3 is 0 Å². The maximum absolute atomic E-state index is 12.5. The van der Waals surface area contributed by atoms with Crippen LogP contribution >= 0.6 is 11.3 Å². The van der Waals surface area contributed by atoms with Gasteiger partial charge in [0.15, 0.2) is 10.9 Å². The average molecular weight is 400 g/mol. The van der Waals surface area contributed by atoms with Crippen LogP contribution in [0.25, 0.3) is 11.5 Å². The first-order chi connectivity index (χ1) is 13.3. The van der Waals surface area contributed by atoms with Crippen LogP contribution in [-0.4, -0.2) is 21.7 Å². The van der Waals surface area contributed by atoms with Crippen molar-refractivity contribution in [1.82, 2.24) is 10.3 Å². The first-order valence-electron chi connectivity index (χ1n) is 8.19. The van der Waals surface area contributed by atoms with Crippen LogP contribution in [0.2, 0.25) is 0 Å². The van der Waals surface area contributed by atoms with Crippen molar-refractivity contribution in [3.63, 3.8) is 0 Å². The summed E-state index contributed by atoms with van der Waals surface area (Å²) in [5.41, 5.74) is 0.914. The number of nitro benzene ring substituents is 1. The van der Waals surface area contributed by atoms with Gasteiger partial charge in [-0.05, 0) is 25.1 Å². The molecule has 0 atom stereocenters. The van der Waals surface area contributed by atoms with Crippen LogP contribution in [0.5, 0.6) is 0 Å². The second-order valence-corrected chi connectivity index (χ2v) is 6.73. The predicted molar refractivity (Wildman–Crippen MR) is 103 cm³/mol. The van der Waals surface area contributed by atoms with Gasteiger partial charge in [-0.1, -0.05) is 6.07 Å². The van der Waals surface area contributed by atoms with Crippen LogP contribution in [0.4, 0.5) is 10.8 Å². The van der Waals surface area contributed by atoms with Crippen molar-refractivity contribution in [3.8, 4) is 11.5 Å². The highest BCUT2D eigenvalue weighted by atomic mass is 32.1. The van der Waals surface area contributed by atoms with E-state index in [2.05, 4.69) is 15.6 Å². The molecule has 9 nitrogen and oxygen atoms in total. The van der Waals surface area contributed by atoms with Gasteiger partial charge in [-0.3, -0.25) is 25.0 Å². The molecule has 0 spiro atoms. The number of hydrogen-bond donors (Lipinski definition) is 2. The van der Waals surface area contributed by atoms with Crippen molar-refractivity contribution in [2.75, 3.05) is 5.32 Å². The number of nitrogens with one attached hydrogen (secondary N) is 2. The topological polar surface area (TPSA) is 127 Å². The fraction of sp³-hybridized carbons (Fsp3) is 0.167. The minimum Gasteiger partial charge on any atom is -0.458 e. The lowest BCUT2D eigenvalue weighted by atomic mass is 10.1. The maximum atomic E-state index is 12.5. The van der Waals surface area contributed by atoms with Gasteiger partial charge in [0.25, 0.3) is 11.6 Å². The second kappa shape index (κ2) is 8.01. The molecular weight excluding hydrogens is 384 g/mol. The third-order valence-corrected chi connectivity index (χ3v) is 4.65. The summed E-state index contributed by atoms with van der Waals surface area (Å²) >= 11 is 1.20. The van der Waals surface area contributed by atoms with E-state index in [1.807, 2.05) is 0 Å². The zero-order valence-corrected chi connectivity index (χ0v) is 15.8. The van der Waals surface area contributed by atoms with E-state index in [1.54, 1.807) is 17.5 Å². The first-order valence-corrected chi connectivity index (χ1v) is 9.07. The Morgan fingerprint density at radius 1 is 1.29 bits per heavy atom. The minimum atomic E-state index is -0.525. The van der Waals surface area contributed by atoms with E-state index < -0.39 is 10.8 Å². The van der Waals surface area contributed by atoms with E-state index in [0.717, 1.165) is 0 Å². The fourth-order valence-electron chi connectivity index (χ4n) is 2.50. The molecule has 0 unspecified atom stereocenters. The Labute approximate surface area is 163 Å². The molecule has 0 saturated heterocycles. The van der Waals surface area contributed by atoms with Crippen molar-refractivity contribution in [2.45, 2.75) is 20.4 Å². The molecule has 3 aromatic rings. The number of carbonyl (C=O) groups excluding carboxylic acids is 2. The highest BCUT2D eigenvalue weighted by Crippen LogP contribution is 2.28. The molecule has 2 amide bonds. The highest BCUT2D eigenvalue weighted by Gasteiger charge is 2.19. The molecular formula is C18H16N4O5S. The third kappa shape index (κ3) is 4.23. The summed E-state index contributed by atoms with van der Waals surface area (Å²) in [5, 5.41) is 18.4. The van der Waals surface area contributed by atoms with Crippen LogP contribution in [0.3, 0.4) is 0 Å². The monoisotopic (exact) mass is 400 g/mol. The van der Waals surface area contributed by atoms with Gasteiger partial charge in [0.05, 0.1) is 11.5 Å². The summed E-state index contributed by atoms with van der Waals surface area (Å²) in [7, 11) is 0. The molecule has 1 aromatic carbocycles. The summed E-state index contributed by atoms with van der Waals surface area (Å²) in [6.45, 7) is 3.22. The Morgan fingerprint density at radius 3 is 2.79 bits per heavy atom.